The molecule has 1 N–H and O–H groups in total. The topological polar surface area (TPSA) is 56.8 Å². The van der Waals surface area contributed by atoms with Crippen molar-refractivity contribution in [3.8, 4) is 17.2 Å². The van der Waals surface area contributed by atoms with Crippen molar-refractivity contribution in [1.29, 1.82) is 0 Å². The molecule has 0 saturated heterocycles. The van der Waals surface area contributed by atoms with Gasteiger partial charge in [0, 0.05) is 0 Å². The van der Waals surface area contributed by atoms with Crippen LogP contribution in [0.3, 0.4) is 0 Å². The highest BCUT2D eigenvalue weighted by Crippen LogP contribution is 2.32. The number of carbonyl (C=O) groups is 1. The van der Waals surface area contributed by atoms with E-state index >= 15 is 0 Å². The van der Waals surface area contributed by atoms with E-state index in [4.69, 9.17) is 14.2 Å². The van der Waals surface area contributed by atoms with Crippen LogP contribution in [0.5, 0.6) is 17.2 Å². The van der Waals surface area contributed by atoms with E-state index in [1.807, 2.05) is 50.2 Å². The Morgan fingerprint density at radius 2 is 1.92 bits per heavy atom. The van der Waals surface area contributed by atoms with E-state index in [1.165, 1.54) is 0 Å². The van der Waals surface area contributed by atoms with Crippen LogP contribution in [0, 0.1) is 6.92 Å². The lowest BCUT2D eigenvalue weighted by molar-refractivity contribution is -0.121. The lowest BCUT2D eigenvalue weighted by Gasteiger charge is -2.21. The van der Waals surface area contributed by atoms with Gasteiger partial charge in [-0.1, -0.05) is 18.2 Å². The lowest BCUT2D eigenvalue weighted by atomic mass is 10.1. The summed E-state index contributed by atoms with van der Waals surface area (Å²) < 4.78 is 16.4. The molecule has 0 saturated carbocycles. The third-order valence-corrected chi connectivity index (χ3v) is 4.27. The van der Waals surface area contributed by atoms with Crippen molar-refractivity contribution in [3.63, 3.8) is 0 Å². The van der Waals surface area contributed by atoms with Gasteiger partial charge in [-0.2, -0.15) is 0 Å². The summed E-state index contributed by atoms with van der Waals surface area (Å²) in [4.78, 5) is 12.4. The largest absolute Gasteiger partial charge is 0.496 e. The maximum Gasteiger partial charge on any atom is 0.224 e. The number of ether oxygens (including phenoxy) is 3. The van der Waals surface area contributed by atoms with Crippen molar-refractivity contribution in [2.24, 2.45) is 0 Å². The molecule has 0 radical (unpaired) electrons. The molecule has 0 fully saturated rings. The molecule has 1 atom stereocenters. The number of carbonyl (C=O) groups excluding carboxylic acids is 1. The smallest absolute Gasteiger partial charge is 0.224 e. The highest BCUT2D eigenvalue weighted by Gasteiger charge is 2.16. The van der Waals surface area contributed by atoms with Crippen molar-refractivity contribution >= 4 is 5.91 Å². The van der Waals surface area contributed by atoms with Crippen molar-refractivity contribution in [2.45, 2.75) is 26.3 Å². The Labute approximate surface area is 147 Å². The molecule has 5 heteroatoms. The Balaban J connectivity index is 1.63. The number of hydrogen-bond acceptors (Lipinski definition) is 4. The number of methoxy groups -OCH3 is 1. The second-order valence-corrected chi connectivity index (χ2v) is 6.17. The summed E-state index contributed by atoms with van der Waals surface area (Å²) in [5, 5.41) is 3.03. The molecule has 5 nitrogen and oxygen atoms in total. The number of nitrogens with one attached hydrogen (secondary N) is 1. The number of amides is 1. The van der Waals surface area contributed by atoms with Crippen LogP contribution in [0.2, 0.25) is 0 Å². The fourth-order valence-corrected chi connectivity index (χ4v) is 2.94. The zero-order chi connectivity index (χ0) is 17.8. The third-order valence-electron chi connectivity index (χ3n) is 4.27. The van der Waals surface area contributed by atoms with Gasteiger partial charge < -0.3 is 19.5 Å². The fourth-order valence-electron chi connectivity index (χ4n) is 2.94. The van der Waals surface area contributed by atoms with E-state index in [-0.39, 0.29) is 11.9 Å². The van der Waals surface area contributed by atoms with Crippen molar-refractivity contribution in [2.75, 3.05) is 20.3 Å². The molecule has 2 aromatic carbocycles. The molecule has 0 spiro atoms. The highest BCUT2D eigenvalue weighted by molar-refractivity contribution is 5.79. The summed E-state index contributed by atoms with van der Waals surface area (Å²) in [7, 11) is 1.64. The van der Waals surface area contributed by atoms with Gasteiger partial charge in [-0.15, -0.1) is 0 Å². The van der Waals surface area contributed by atoms with E-state index in [0.717, 1.165) is 33.9 Å². The predicted molar refractivity (Wildman–Crippen MR) is 95.4 cm³/mol. The normalized spacial score (nSPS) is 13.9. The van der Waals surface area contributed by atoms with Gasteiger partial charge >= 0.3 is 0 Å². The summed E-state index contributed by atoms with van der Waals surface area (Å²) in [6.07, 6.45) is 0.333. The molecule has 0 bridgehead atoms. The second kappa shape index (κ2) is 7.47. The van der Waals surface area contributed by atoms with Gasteiger partial charge in [0.1, 0.15) is 19.0 Å². The minimum absolute atomic E-state index is 0.0213. The van der Waals surface area contributed by atoms with Crippen LogP contribution in [0.4, 0.5) is 0 Å². The zero-order valence-electron chi connectivity index (χ0n) is 14.8. The number of rotatable bonds is 5. The summed E-state index contributed by atoms with van der Waals surface area (Å²) >= 11 is 0. The monoisotopic (exact) mass is 341 g/mol. The molecule has 1 aliphatic heterocycles. The summed E-state index contributed by atoms with van der Waals surface area (Å²) in [5.74, 6) is 2.29. The summed E-state index contributed by atoms with van der Waals surface area (Å²) in [6.45, 7) is 5.05. The second-order valence-electron chi connectivity index (χ2n) is 6.17. The Kier molecular flexibility index (Phi) is 5.12. The van der Waals surface area contributed by atoms with Crippen molar-refractivity contribution < 1.29 is 19.0 Å². The van der Waals surface area contributed by atoms with Crippen LogP contribution in [-0.4, -0.2) is 26.2 Å². The molecule has 25 heavy (non-hydrogen) atoms. The van der Waals surface area contributed by atoms with Gasteiger partial charge in [0.25, 0.3) is 0 Å². The number of benzene rings is 2. The van der Waals surface area contributed by atoms with E-state index < -0.39 is 0 Å². The van der Waals surface area contributed by atoms with Crippen LogP contribution in [0.15, 0.2) is 36.4 Å². The van der Waals surface area contributed by atoms with Gasteiger partial charge in [0.15, 0.2) is 11.5 Å². The standard InChI is InChI=1S/C20H23NO4/c1-13-10-15(4-6-17(13)23-3)11-20(22)21-14(2)16-5-7-18-19(12-16)25-9-8-24-18/h4-7,10,12,14H,8-9,11H2,1-3H3,(H,21,22)/t14-/m1/s1. The maximum atomic E-state index is 12.4. The SMILES string of the molecule is COc1ccc(CC(=O)N[C@H](C)c2ccc3c(c2)OCCO3)cc1C. The average molecular weight is 341 g/mol. The minimum atomic E-state index is -0.109. The number of hydrogen-bond donors (Lipinski definition) is 1. The first kappa shape index (κ1) is 17.1. The molecular weight excluding hydrogens is 318 g/mol. The van der Waals surface area contributed by atoms with Gasteiger partial charge in [-0.25, -0.2) is 0 Å². The zero-order valence-corrected chi connectivity index (χ0v) is 14.8. The van der Waals surface area contributed by atoms with Crippen LogP contribution in [-0.2, 0) is 11.2 Å². The van der Waals surface area contributed by atoms with Crippen LogP contribution >= 0.6 is 0 Å². The lowest BCUT2D eigenvalue weighted by Crippen LogP contribution is -2.28. The van der Waals surface area contributed by atoms with E-state index in [9.17, 15) is 4.79 Å². The van der Waals surface area contributed by atoms with Crippen LogP contribution in [0.1, 0.15) is 29.7 Å². The summed E-state index contributed by atoms with van der Waals surface area (Å²) in [6, 6.07) is 11.4. The highest BCUT2D eigenvalue weighted by atomic mass is 16.6. The average Bonchev–Trinajstić information content (AvgIpc) is 2.61. The molecule has 0 aliphatic carbocycles. The maximum absolute atomic E-state index is 12.4. The molecular formula is C20H23NO4. The number of fused-ring (bicyclic) bond motifs is 1. The molecule has 1 heterocycles. The Morgan fingerprint density at radius 1 is 1.16 bits per heavy atom. The molecule has 2 aromatic rings. The van der Waals surface area contributed by atoms with Crippen molar-refractivity contribution in [1.82, 2.24) is 5.32 Å². The first-order valence-corrected chi connectivity index (χ1v) is 8.39. The Hall–Kier alpha value is -2.69. The first-order valence-electron chi connectivity index (χ1n) is 8.39. The molecule has 0 aromatic heterocycles. The van der Waals surface area contributed by atoms with Gasteiger partial charge in [-0.3, -0.25) is 4.79 Å². The quantitative estimate of drug-likeness (QED) is 0.907. The van der Waals surface area contributed by atoms with Gasteiger partial charge in [0.2, 0.25) is 5.91 Å². The molecule has 1 aliphatic rings. The van der Waals surface area contributed by atoms with Gasteiger partial charge in [0.05, 0.1) is 19.6 Å². The molecule has 1 amide bonds. The summed E-state index contributed by atoms with van der Waals surface area (Å²) in [5.41, 5.74) is 2.97. The van der Waals surface area contributed by atoms with Gasteiger partial charge in [-0.05, 0) is 48.7 Å². The fraction of sp³-hybridized carbons (Fsp3) is 0.350. The Bertz CT molecular complexity index is 772. The van der Waals surface area contributed by atoms with Crippen LogP contribution < -0.4 is 19.5 Å². The van der Waals surface area contributed by atoms with E-state index in [1.54, 1.807) is 7.11 Å². The first-order chi connectivity index (χ1) is 12.1. The van der Waals surface area contributed by atoms with Crippen molar-refractivity contribution in [3.05, 3.63) is 53.1 Å². The van der Waals surface area contributed by atoms with E-state index in [2.05, 4.69) is 5.32 Å². The van der Waals surface area contributed by atoms with Crippen LogP contribution in [0.25, 0.3) is 0 Å². The minimum Gasteiger partial charge on any atom is -0.496 e. The predicted octanol–water partition coefficient (Wildman–Crippen LogP) is 3.19. The Morgan fingerprint density at radius 3 is 2.64 bits per heavy atom. The third kappa shape index (κ3) is 4.05. The molecule has 0 unspecified atom stereocenters. The molecule has 3 rings (SSSR count). The molecule has 132 valence electrons. The van der Waals surface area contributed by atoms with E-state index in [0.29, 0.717) is 19.6 Å². The number of aryl methyl sites for hydroxylation is 1.